The van der Waals surface area contributed by atoms with E-state index in [1.54, 1.807) is 11.3 Å². The highest BCUT2D eigenvalue weighted by molar-refractivity contribution is 7.99. The molecule has 2 heterocycles. The molecule has 0 unspecified atom stereocenters. The smallest absolute Gasteiger partial charge is 0.134 e. The lowest BCUT2D eigenvalue weighted by Gasteiger charge is -2.18. The van der Waals surface area contributed by atoms with Crippen LogP contribution in [0.2, 0.25) is 0 Å². The molecule has 1 aliphatic heterocycles. The van der Waals surface area contributed by atoms with Gasteiger partial charge in [0.1, 0.15) is 5.82 Å². The third-order valence-corrected chi connectivity index (χ3v) is 4.18. The van der Waals surface area contributed by atoms with Gasteiger partial charge in [0.2, 0.25) is 0 Å². The molecule has 66 valence electrons. The van der Waals surface area contributed by atoms with Crippen molar-refractivity contribution in [1.29, 1.82) is 0 Å². The van der Waals surface area contributed by atoms with Crippen LogP contribution in [-0.2, 0) is 0 Å². The van der Waals surface area contributed by atoms with Gasteiger partial charge in [0.25, 0.3) is 0 Å². The lowest BCUT2D eigenvalue weighted by atomic mass is 10.0. The van der Waals surface area contributed by atoms with Crippen molar-refractivity contribution < 1.29 is 0 Å². The molecule has 0 radical (unpaired) electrons. The molecule has 1 aromatic heterocycles. The van der Waals surface area contributed by atoms with Gasteiger partial charge in [-0.1, -0.05) is 0 Å². The van der Waals surface area contributed by atoms with E-state index >= 15 is 0 Å². The SMILES string of the molecule is Nc1csc(C2CCSCC2)n1. The Labute approximate surface area is 80.6 Å². The van der Waals surface area contributed by atoms with E-state index in [2.05, 4.69) is 4.98 Å². The van der Waals surface area contributed by atoms with E-state index in [9.17, 15) is 0 Å². The van der Waals surface area contributed by atoms with Gasteiger partial charge in [-0.05, 0) is 24.3 Å². The van der Waals surface area contributed by atoms with Crippen LogP contribution in [0.4, 0.5) is 5.82 Å². The van der Waals surface area contributed by atoms with Crippen molar-refractivity contribution in [3.8, 4) is 0 Å². The summed E-state index contributed by atoms with van der Waals surface area (Å²) in [5.74, 6) is 3.94. The quantitative estimate of drug-likeness (QED) is 0.756. The molecule has 12 heavy (non-hydrogen) atoms. The number of rotatable bonds is 1. The average Bonchev–Trinajstić information content (AvgIpc) is 2.54. The minimum absolute atomic E-state index is 0.688. The van der Waals surface area contributed by atoms with Crippen molar-refractivity contribution in [3.05, 3.63) is 10.4 Å². The highest BCUT2D eigenvalue weighted by Gasteiger charge is 2.18. The molecule has 0 amide bonds. The second kappa shape index (κ2) is 3.66. The molecule has 0 spiro atoms. The molecule has 0 aromatic carbocycles. The maximum atomic E-state index is 5.58. The Morgan fingerprint density at radius 3 is 2.75 bits per heavy atom. The Balaban J connectivity index is 2.08. The number of nitrogen functional groups attached to an aromatic ring is 1. The van der Waals surface area contributed by atoms with E-state index in [0.29, 0.717) is 11.7 Å². The van der Waals surface area contributed by atoms with Crippen LogP contribution in [0.3, 0.4) is 0 Å². The van der Waals surface area contributed by atoms with Gasteiger partial charge in [0.05, 0.1) is 5.01 Å². The lowest BCUT2D eigenvalue weighted by molar-refractivity contribution is 0.633. The molecule has 1 aromatic rings. The molecular formula is C8H12N2S2. The van der Waals surface area contributed by atoms with Gasteiger partial charge in [-0.3, -0.25) is 0 Å². The summed E-state index contributed by atoms with van der Waals surface area (Å²) < 4.78 is 0. The monoisotopic (exact) mass is 200 g/mol. The summed E-state index contributed by atoms with van der Waals surface area (Å²) >= 11 is 3.76. The van der Waals surface area contributed by atoms with Crippen molar-refractivity contribution in [1.82, 2.24) is 4.98 Å². The fourth-order valence-corrected chi connectivity index (χ4v) is 3.42. The van der Waals surface area contributed by atoms with Crippen molar-refractivity contribution in [2.45, 2.75) is 18.8 Å². The van der Waals surface area contributed by atoms with Gasteiger partial charge in [-0.2, -0.15) is 11.8 Å². The van der Waals surface area contributed by atoms with Gasteiger partial charge in [0.15, 0.2) is 0 Å². The van der Waals surface area contributed by atoms with Crippen LogP contribution >= 0.6 is 23.1 Å². The second-order valence-electron chi connectivity index (χ2n) is 3.00. The van der Waals surface area contributed by atoms with Crippen molar-refractivity contribution in [2.24, 2.45) is 0 Å². The van der Waals surface area contributed by atoms with Crippen LogP contribution in [0.1, 0.15) is 23.8 Å². The largest absolute Gasteiger partial charge is 0.383 e. The number of hydrogen-bond acceptors (Lipinski definition) is 4. The zero-order chi connectivity index (χ0) is 8.39. The van der Waals surface area contributed by atoms with Crippen molar-refractivity contribution in [3.63, 3.8) is 0 Å². The first-order valence-corrected chi connectivity index (χ1v) is 6.18. The number of aromatic nitrogens is 1. The topological polar surface area (TPSA) is 38.9 Å². The fourth-order valence-electron chi connectivity index (χ4n) is 1.43. The van der Waals surface area contributed by atoms with Gasteiger partial charge < -0.3 is 5.73 Å². The molecule has 0 saturated carbocycles. The molecular weight excluding hydrogens is 188 g/mol. The molecule has 1 aliphatic rings. The van der Waals surface area contributed by atoms with Crippen molar-refractivity contribution >= 4 is 28.9 Å². The van der Waals surface area contributed by atoms with E-state index in [4.69, 9.17) is 5.73 Å². The Morgan fingerprint density at radius 2 is 2.17 bits per heavy atom. The highest BCUT2D eigenvalue weighted by atomic mass is 32.2. The third kappa shape index (κ3) is 1.75. The normalized spacial score (nSPS) is 19.7. The van der Waals surface area contributed by atoms with Crippen LogP contribution in [0.15, 0.2) is 5.38 Å². The van der Waals surface area contributed by atoms with Crippen LogP contribution in [0.5, 0.6) is 0 Å². The number of hydrogen-bond donors (Lipinski definition) is 1. The van der Waals surface area contributed by atoms with Gasteiger partial charge in [-0.25, -0.2) is 4.98 Å². The first-order chi connectivity index (χ1) is 5.86. The summed E-state index contributed by atoms with van der Waals surface area (Å²) in [5, 5.41) is 3.18. The number of nitrogens with two attached hydrogens (primary N) is 1. The van der Waals surface area contributed by atoms with E-state index in [-0.39, 0.29) is 0 Å². The number of thiazole rings is 1. The summed E-state index contributed by atoms with van der Waals surface area (Å²) in [7, 11) is 0. The Kier molecular flexibility index (Phi) is 2.56. The molecule has 4 heteroatoms. The number of anilines is 1. The Hall–Kier alpha value is -0.220. The van der Waals surface area contributed by atoms with Gasteiger partial charge in [-0.15, -0.1) is 11.3 Å². The second-order valence-corrected chi connectivity index (χ2v) is 5.11. The third-order valence-electron chi connectivity index (χ3n) is 2.11. The van der Waals surface area contributed by atoms with Gasteiger partial charge >= 0.3 is 0 Å². The highest BCUT2D eigenvalue weighted by Crippen LogP contribution is 2.33. The minimum Gasteiger partial charge on any atom is -0.383 e. The predicted octanol–water partition coefficient (Wildman–Crippen LogP) is 2.34. The first kappa shape index (κ1) is 8.38. The molecule has 0 atom stereocenters. The first-order valence-electron chi connectivity index (χ1n) is 4.15. The van der Waals surface area contributed by atoms with E-state index in [1.807, 2.05) is 17.1 Å². The number of nitrogens with zero attached hydrogens (tertiary/aromatic N) is 1. The number of thioether (sulfide) groups is 1. The molecule has 2 rings (SSSR count). The lowest BCUT2D eigenvalue weighted by Crippen LogP contribution is -2.07. The summed E-state index contributed by atoms with van der Waals surface area (Å²) in [5.41, 5.74) is 5.58. The summed E-state index contributed by atoms with van der Waals surface area (Å²) in [6, 6.07) is 0. The Bertz CT molecular complexity index is 253. The van der Waals surface area contributed by atoms with E-state index < -0.39 is 0 Å². The van der Waals surface area contributed by atoms with Crippen LogP contribution in [0.25, 0.3) is 0 Å². The van der Waals surface area contributed by atoms with E-state index in [1.165, 1.54) is 29.4 Å². The molecule has 0 bridgehead atoms. The fraction of sp³-hybridized carbons (Fsp3) is 0.625. The molecule has 2 N–H and O–H groups in total. The molecule has 1 saturated heterocycles. The van der Waals surface area contributed by atoms with Crippen LogP contribution in [-0.4, -0.2) is 16.5 Å². The zero-order valence-corrected chi connectivity index (χ0v) is 8.46. The standard InChI is InChI=1S/C8H12N2S2/c9-7-5-12-8(10-7)6-1-3-11-4-2-6/h5-6H,1-4,9H2. The summed E-state index contributed by atoms with van der Waals surface area (Å²) in [6.45, 7) is 0. The van der Waals surface area contributed by atoms with Gasteiger partial charge in [0, 0.05) is 11.3 Å². The minimum atomic E-state index is 0.688. The predicted molar refractivity (Wildman–Crippen MR) is 55.8 cm³/mol. The van der Waals surface area contributed by atoms with Crippen LogP contribution < -0.4 is 5.73 Å². The van der Waals surface area contributed by atoms with Crippen molar-refractivity contribution in [2.75, 3.05) is 17.2 Å². The van der Waals surface area contributed by atoms with E-state index in [0.717, 1.165) is 0 Å². The molecule has 2 nitrogen and oxygen atoms in total. The maximum absolute atomic E-state index is 5.58. The molecule has 0 aliphatic carbocycles. The average molecular weight is 200 g/mol. The summed E-state index contributed by atoms with van der Waals surface area (Å²) in [4.78, 5) is 4.32. The summed E-state index contributed by atoms with van der Waals surface area (Å²) in [6.07, 6.45) is 2.55. The maximum Gasteiger partial charge on any atom is 0.134 e. The molecule has 1 fully saturated rings. The Morgan fingerprint density at radius 1 is 1.42 bits per heavy atom. The van der Waals surface area contributed by atoms with Crippen LogP contribution in [0, 0.1) is 0 Å². The zero-order valence-electron chi connectivity index (χ0n) is 6.82.